The molecule has 0 aliphatic heterocycles. The minimum absolute atomic E-state index is 0.0537. The van der Waals surface area contributed by atoms with Crippen molar-refractivity contribution in [1.82, 2.24) is 15.2 Å². The normalized spacial score (nSPS) is 10.4. The van der Waals surface area contributed by atoms with Gasteiger partial charge in [0.15, 0.2) is 0 Å². The maximum Gasteiger partial charge on any atom is 0.288 e. The number of nitrogens with zero attached hydrogens (tertiary/aromatic N) is 4. The summed E-state index contributed by atoms with van der Waals surface area (Å²) < 4.78 is 0. The first-order valence-electron chi connectivity index (χ1n) is 7.10. The number of benzene rings is 1. The molecular weight excluding hydrogens is 344 g/mol. The molecule has 0 aliphatic rings. The Hall–Kier alpha value is -3.40. The summed E-state index contributed by atoms with van der Waals surface area (Å²) in [4.78, 5) is 25.5. The highest BCUT2D eigenvalue weighted by atomic mass is 32.1. The topological polar surface area (TPSA) is 137 Å². The number of hydrogen-bond donors (Lipinski definition) is 2. The molecule has 0 fully saturated rings. The number of anilines is 1. The average molecular weight is 356 g/mol. The second-order valence-corrected chi connectivity index (χ2v) is 5.99. The second-order valence-electron chi connectivity index (χ2n) is 4.93. The van der Waals surface area contributed by atoms with Gasteiger partial charge in [-0.05, 0) is 0 Å². The fraction of sp³-hybridized carbons (Fsp3) is 0.0667. The number of rotatable bonds is 6. The van der Waals surface area contributed by atoms with Gasteiger partial charge in [0.1, 0.15) is 22.0 Å². The van der Waals surface area contributed by atoms with E-state index >= 15 is 0 Å². The summed E-state index contributed by atoms with van der Waals surface area (Å²) in [6.45, 7) is 0.260. The number of nitrogens with one attached hydrogen (secondary N) is 1. The third kappa shape index (κ3) is 3.75. The van der Waals surface area contributed by atoms with Gasteiger partial charge in [-0.3, -0.25) is 14.9 Å². The van der Waals surface area contributed by atoms with Gasteiger partial charge in [-0.15, -0.1) is 10.2 Å². The molecule has 0 radical (unpaired) electrons. The SMILES string of the molecule is NC(=O)c1cc([N+](=O)[O-])cnc1NCc1nnc(-c2ccccc2)s1. The maximum atomic E-state index is 11.5. The Morgan fingerprint density at radius 2 is 2.04 bits per heavy atom. The molecule has 10 heteroatoms. The number of hydrogen-bond acceptors (Lipinski definition) is 8. The summed E-state index contributed by atoms with van der Waals surface area (Å²) in [6.07, 6.45) is 1.06. The molecule has 0 saturated carbocycles. The highest BCUT2D eigenvalue weighted by molar-refractivity contribution is 7.14. The lowest BCUT2D eigenvalue weighted by Gasteiger charge is -2.06. The zero-order valence-corrected chi connectivity index (χ0v) is 13.6. The zero-order chi connectivity index (χ0) is 17.8. The van der Waals surface area contributed by atoms with Crippen molar-refractivity contribution in [3.8, 4) is 10.6 Å². The van der Waals surface area contributed by atoms with Crippen molar-refractivity contribution in [3.63, 3.8) is 0 Å². The molecule has 0 spiro atoms. The molecule has 0 bridgehead atoms. The Kier molecular flexibility index (Phi) is 4.61. The van der Waals surface area contributed by atoms with Crippen LogP contribution in [-0.4, -0.2) is 26.0 Å². The third-order valence-corrected chi connectivity index (χ3v) is 4.22. The summed E-state index contributed by atoms with van der Waals surface area (Å²) in [7, 11) is 0. The molecule has 1 amide bonds. The Morgan fingerprint density at radius 1 is 1.28 bits per heavy atom. The van der Waals surface area contributed by atoms with Crippen LogP contribution in [0, 0.1) is 10.1 Å². The molecule has 3 N–H and O–H groups in total. The first kappa shape index (κ1) is 16.5. The number of primary amides is 1. The minimum Gasteiger partial charge on any atom is -0.365 e. The predicted molar refractivity (Wildman–Crippen MR) is 92.1 cm³/mol. The van der Waals surface area contributed by atoms with Crippen LogP contribution >= 0.6 is 11.3 Å². The highest BCUT2D eigenvalue weighted by Gasteiger charge is 2.16. The van der Waals surface area contributed by atoms with Crippen molar-refractivity contribution >= 4 is 28.7 Å². The molecule has 0 aliphatic carbocycles. The lowest BCUT2D eigenvalue weighted by atomic mass is 10.2. The van der Waals surface area contributed by atoms with Crippen molar-refractivity contribution < 1.29 is 9.72 Å². The van der Waals surface area contributed by atoms with Gasteiger partial charge in [0, 0.05) is 11.6 Å². The van der Waals surface area contributed by atoms with Crippen molar-refractivity contribution in [2.24, 2.45) is 5.73 Å². The minimum atomic E-state index is -0.805. The standard InChI is InChI=1S/C15H12N6O3S/c16-13(22)11-6-10(21(23)24)7-17-14(11)18-8-12-19-20-15(25-12)9-4-2-1-3-5-9/h1-7H,8H2,(H2,16,22)(H,17,18). The van der Waals surface area contributed by atoms with Gasteiger partial charge in [-0.25, -0.2) is 4.98 Å². The van der Waals surface area contributed by atoms with Crippen LogP contribution < -0.4 is 11.1 Å². The third-order valence-electron chi connectivity index (χ3n) is 3.24. The van der Waals surface area contributed by atoms with Crippen LogP contribution in [0.15, 0.2) is 42.6 Å². The van der Waals surface area contributed by atoms with E-state index in [4.69, 9.17) is 5.73 Å². The van der Waals surface area contributed by atoms with E-state index in [9.17, 15) is 14.9 Å². The number of carbonyl (C=O) groups is 1. The molecular formula is C15H12N6O3S. The summed E-state index contributed by atoms with van der Waals surface area (Å²) in [5, 5.41) is 23.3. The fourth-order valence-corrected chi connectivity index (χ4v) is 2.85. The first-order valence-corrected chi connectivity index (χ1v) is 7.92. The van der Waals surface area contributed by atoms with E-state index in [1.54, 1.807) is 0 Å². The van der Waals surface area contributed by atoms with E-state index in [0.29, 0.717) is 5.01 Å². The van der Waals surface area contributed by atoms with Gasteiger partial charge in [0.25, 0.3) is 11.6 Å². The molecule has 2 aromatic heterocycles. The van der Waals surface area contributed by atoms with Gasteiger partial charge < -0.3 is 11.1 Å². The van der Waals surface area contributed by atoms with E-state index in [1.165, 1.54) is 11.3 Å². The second kappa shape index (κ2) is 7.01. The molecule has 0 unspecified atom stereocenters. The molecule has 9 nitrogen and oxygen atoms in total. The van der Waals surface area contributed by atoms with E-state index in [-0.39, 0.29) is 23.6 Å². The Labute approximate surface area is 145 Å². The van der Waals surface area contributed by atoms with Crippen LogP contribution in [0.1, 0.15) is 15.4 Å². The van der Waals surface area contributed by atoms with Gasteiger partial charge >= 0.3 is 0 Å². The Balaban J connectivity index is 1.77. The van der Waals surface area contributed by atoms with Gasteiger partial charge in [-0.2, -0.15) is 0 Å². The van der Waals surface area contributed by atoms with Crippen LogP contribution in [0.3, 0.4) is 0 Å². The lowest BCUT2D eigenvalue weighted by molar-refractivity contribution is -0.385. The van der Waals surface area contributed by atoms with Crippen LogP contribution in [0.4, 0.5) is 11.5 Å². The van der Waals surface area contributed by atoms with E-state index < -0.39 is 10.8 Å². The monoisotopic (exact) mass is 356 g/mol. The van der Waals surface area contributed by atoms with E-state index in [1.807, 2.05) is 30.3 Å². The number of carbonyl (C=O) groups excluding carboxylic acids is 1. The summed E-state index contributed by atoms with van der Waals surface area (Å²) in [5.41, 5.74) is 5.86. The van der Waals surface area contributed by atoms with E-state index in [0.717, 1.165) is 22.8 Å². The van der Waals surface area contributed by atoms with Crippen LogP contribution in [0.25, 0.3) is 10.6 Å². The lowest BCUT2D eigenvalue weighted by Crippen LogP contribution is -2.16. The van der Waals surface area contributed by atoms with Crippen LogP contribution in [0.5, 0.6) is 0 Å². The molecule has 126 valence electrons. The zero-order valence-electron chi connectivity index (χ0n) is 12.7. The average Bonchev–Trinajstić information content (AvgIpc) is 3.09. The Bertz CT molecular complexity index is 928. The van der Waals surface area contributed by atoms with Crippen LogP contribution in [-0.2, 0) is 6.54 Å². The molecule has 3 aromatic rings. The fourth-order valence-electron chi connectivity index (χ4n) is 2.06. The number of nitro groups is 1. The molecule has 1 aromatic carbocycles. The van der Waals surface area contributed by atoms with Crippen molar-refractivity contribution in [2.75, 3.05) is 5.32 Å². The van der Waals surface area contributed by atoms with Gasteiger partial charge in [0.2, 0.25) is 0 Å². The number of aromatic nitrogens is 3. The first-order chi connectivity index (χ1) is 12.0. The molecule has 0 saturated heterocycles. The number of pyridine rings is 1. The summed E-state index contributed by atoms with van der Waals surface area (Å²) in [6, 6.07) is 10.7. The largest absolute Gasteiger partial charge is 0.365 e. The van der Waals surface area contributed by atoms with Crippen molar-refractivity contribution in [1.29, 1.82) is 0 Å². The molecule has 0 atom stereocenters. The smallest absolute Gasteiger partial charge is 0.288 e. The summed E-state index contributed by atoms with van der Waals surface area (Å²) in [5.74, 6) is -0.643. The molecule has 2 heterocycles. The molecule has 3 rings (SSSR count). The summed E-state index contributed by atoms with van der Waals surface area (Å²) >= 11 is 1.39. The van der Waals surface area contributed by atoms with E-state index in [2.05, 4.69) is 20.5 Å². The highest BCUT2D eigenvalue weighted by Crippen LogP contribution is 2.24. The maximum absolute atomic E-state index is 11.5. The molecule has 25 heavy (non-hydrogen) atoms. The quantitative estimate of drug-likeness (QED) is 0.510. The number of amides is 1. The van der Waals surface area contributed by atoms with Crippen LogP contribution in [0.2, 0.25) is 0 Å². The van der Waals surface area contributed by atoms with Gasteiger partial charge in [-0.1, -0.05) is 41.7 Å². The Morgan fingerprint density at radius 3 is 2.72 bits per heavy atom. The number of nitrogens with two attached hydrogens (primary N) is 1. The van der Waals surface area contributed by atoms with Crippen molar-refractivity contribution in [3.05, 3.63) is 63.3 Å². The van der Waals surface area contributed by atoms with Gasteiger partial charge in [0.05, 0.1) is 17.0 Å². The predicted octanol–water partition coefficient (Wildman–Crippen LogP) is 2.22. The van der Waals surface area contributed by atoms with Crippen molar-refractivity contribution in [2.45, 2.75) is 6.54 Å².